The van der Waals surface area contributed by atoms with Crippen LogP contribution in [-0.4, -0.2) is 64.4 Å². The van der Waals surface area contributed by atoms with Crippen LogP contribution in [0.5, 0.6) is 28.7 Å². The van der Waals surface area contributed by atoms with Crippen LogP contribution >= 0.6 is 11.8 Å². The van der Waals surface area contributed by atoms with Crippen molar-refractivity contribution in [2.75, 3.05) is 57.2 Å². The number of thioether (sulfide) groups is 1. The summed E-state index contributed by atoms with van der Waals surface area (Å²) in [6.45, 7) is 2.36. The lowest BCUT2D eigenvalue weighted by molar-refractivity contribution is -0.120. The fourth-order valence-corrected chi connectivity index (χ4v) is 6.34. The third kappa shape index (κ3) is 6.96. The van der Waals surface area contributed by atoms with Crippen LogP contribution in [0.4, 0.5) is 11.4 Å². The molecule has 0 spiro atoms. The lowest BCUT2D eigenvalue weighted by Gasteiger charge is -2.21. The lowest BCUT2D eigenvalue weighted by Crippen LogP contribution is -2.36. The second kappa shape index (κ2) is 14.7. The molecular formula is C34H39N3O8S. The molecule has 5 rings (SSSR count). The maximum atomic E-state index is 13.9. The molecule has 0 saturated heterocycles. The van der Waals surface area contributed by atoms with Crippen molar-refractivity contribution in [3.63, 3.8) is 0 Å². The summed E-state index contributed by atoms with van der Waals surface area (Å²) < 4.78 is 28.4. The zero-order valence-electron chi connectivity index (χ0n) is 26.6. The Labute approximate surface area is 272 Å². The topological polar surface area (TPSA) is 133 Å². The van der Waals surface area contributed by atoms with E-state index in [-0.39, 0.29) is 22.9 Å². The molecule has 0 unspecified atom stereocenters. The smallest absolute Gasteiger partial charge is 0.246 e. The Morgan fingerprint density at radius 2 is 1.74 bits per heavy atom. The number of carbonyl (C=O) groups excluding carboxylic acids is 2. The molecule has 11 nitrogen and oxygen atoms in total. The first-order valence-corrected chi connectivity index (χ1v) is 16.4. The molecule has 3 N–H and O–H groups in total. The van der Waals surface area contributed by atoms with Crippen LogP contribution < -0.4 is 45.1 Å². The summed E-state index contributed by atoms with van der Waals surface area (Å²) in [5, 5.41) is 9.19. The number of hydrogen-bond donors (Lipinski definition) is 3. The standard InChI is InChI=1S/C34H39N3O8S/c1-19(38)35-24-9-6-20-16-30(41-2)32(42-3)33(43-4)31(20)22-8-10-25(27(39)18-23(22)24)37-26(12-15-46-5)34(40)36-21-7-11-28-29(17-21)45-14-13-44-28/h7-8,10-11,16-18,24,26H,6,9,12-15H2,1-5H3,(H,35,38)(H,36,40)(H,37,39)/t24-,26-/m0/s1. The van der Waals surface area contributed by atoms with Gasteiger partial charge in [0, 0.05) is 24.2 Å². The van der Waals surface area contributed by atoms with Crippen molar-refractivity contribution in [2.24, 2.45) is 0 Å². The van der Waals surface area contributed by atoms with Crippen molar-refractivity contribution in [1.29, 1.82) is 0 Å². The SMILES string of the molecule is COc1cc2c(c(OC)c1OC)-c1ccc(N[C@@H](CCSC)C(=O)Nc3ccc4c(c3)OCCO4)c(=O)cc1[C@@H](NC(C)=O)CC2. The van der Waals surface area contributed by atoms with Gasteiger partial charge in [-0.15, -0.1) is 0 Å². The van der Waals surface area contributed by atoms with Gasteiger partial charge >= 0.3 is 0 Å². The summed E-state index contributed by atoms with van der Waals surface area (Å²) in [6.07, 6.45) is 3.56. The second-order valence-corrected chi connectivity index (χ2v) is 11.9. The van der Waals surface area contributed by atoms with Crippen LogP contribution in [0, 0.1) is 0 Å². The fourth-order valence-electron chi connectivity index (χ4n) is 5.87. The average molecular weight is 650 g/mol. The van der Waals surface area contributed by atoms with Gasteiger partial charge in [-0.3, -0.25) is 14.4 Å². The van der Waals surface area contributed by atoms with Gasteiger partial charge in [-0.05, 0) is 78.3 Å². The number of hydrogen-bond acceptors (Lipinski definition) is 10. The summed E-state index contributed by atoms with van der Waals surface area (Å²) in [5.74, 6) is 2.78. The Morgan fingerprint density at radius 3 is 2.43 bits per heavy atom. The van der Waals surface area contributed by atoms with E-state index in [1.54, 1.807) is 50.2 Å². The molecule has 46 heavy (non-hydrogen) atoms. The highest BCUT2D eigenvalue weighted by atomic mass is 32.2. The van der Waals surface area contributed by atoms with Gasteiger partial charge in [-0.2, -0.15) is 11.8 Å². The van der Waals surface area contributed by atoms with E-state index in [4.69, 9.17) is 23.7 Å². The number of benzene rings is 2. The van der Waals surface area contributed by atoms with Crippen molar-refractivity contribution in [3.05, 3.63) is 63.8 Å². The molecule has 244 valence electrons. The number of amides is 2. The minimum absolute atomic E-state index is 0.214. The second-order valence-electron chi connectivity index (χ2n) is 10.9. The zero-order valence-corrected chi connectivity index (χ0v) is 27.4. The van der Waals surface area contributed by atoms with Gasteiger partial charge in [0.1, 0.15) is 19.3 Å². The molecular weight excluding hydrogens is 610 g/mol. The van der Waals surface area contributed by atoms with E-state index in [2.05, 4.69) is 16.0 Å². The van der Waals surface area contributed by atoms with Crippen molar-refractivity contribution in [1.82, 2.24) is 5.32 Å². The average Bonchev–Trinajstić information content (AvgIpc) is 3.29. The highest BCUT2D eigenvalue weighted by Gasteiger charge is 2.30. The largest absolute Gasteiger partial charge is 0.493 e. The summed E-state index contributed by atoms with van der Waals surface area (Å²) in [7, 11) is 4.66. The number of ether oxygens (including phenoxy) is 5. The molecule has 0 bridgehead atoms. The molecule has 2 aliphatic rings. The minimum atomic E-state index is -0.715. The van der Waals surface area contributed by atoms with Crippen molar-refractivity contribution < 1.29 is 33.3 Å². The van der Waals surface area contributed by atoms with E-state index >= 15 is 0 Å². The Balaban J connectivity index is 1.56. The van der Waals surface area contributed by atoms with Crippen molar-refractivity contribution >= 4 is 35.0 Å². The number of aryl methyl sites for hydroxylation is 1. The molecule has 1 aliphatic heterocycles. The van der Waals surface area contributed by atoms with E-state index in [1.165, 1.54) is 20.1 Å². The van der Waals surface area contributed by atoms with Crippen LogP contribution in [-0.2, 0) is 16.0 Å². The number of anilines is 2. The maximum Gasteiger partial charge on any atom is 0.246 e. The molecule has 0 radical (unpaired) electrons. The molecule has 1 aliphatic carbocycles. The molecule has 0 saturated carbocycles. The van der Waals surface area contributed by atoms with Crippen LogP contribution in [0.2, 0.25) is 0 Å². The Bertz CT molecular complexity index is 1680. The maximum absolute atomic E-state index is 13.9. The van der Waals surface area contributed by atoms with E-state index < -0.39 is 12.1 Å². The van der Waals surface area contributed by atoms with E-state index in [9.17, 15) is 14.4 Å². The van der Waals surface area contributed by atoms with Gasteiger partial charge in [0.15, 0.2) is 23.0 Å². The van der Waals surface area contributed by atoms with Gasteiger partial charge in [-0.1, -0.05) is 6.07 Å². The van der Waals surface area contributed by atoms with Crippen LogP contribution in [0.15, 0.2) is 47.3 Å². The quantitative estimate of drug-likeness (QED) is 0.266. The number of carbonyl (C=O) groups is 2. The lowest BCUT2D eigenvalue weighted by atomic mass is 9.95. The summed E-state index contributed by atoms with van der Waals surface area (Å²) in [6, 6.07) is 11.0. The molecule has 0 fully saturated rings. The van der Waals surface area contributed by atoms with Crippen LogP contribution in [0.25, 0.3) is 11.1 Å². The molecule has 2 atom stereocenters. The number of fused-ring (bicyclic) bond motifs is 4. The first kappa shape index (κ1) is 32.8. The number of rotatable bonds is 11. The van der Waals surface area contributed by atoms with Gasteiger partial charge in [0.25, 0.3) is 0 Å². The first-order chi connectivity index (χ1) is 22.3. The summed E-state index contributed by atoms with van der Waals surface area (Å²) >= 11 is 1.61. The third-order valence-corrected chi connectivity index (χ3v) is 8.63. The van der Waals surface area contributed by atoms with Crippen LogP contribution in [0.1, 0.15) is 36.9 Å². The Morgan fingerprint density at radius 1 is 0.978 bits per heavy atom. The van der Waals surface area contributed by atoms with Gasteiger partial charge < -0.3 is 39.6 Å². The van der Waals surface area contributed by atoms with E-state index in [1.807, 2.05) is 18.4 Å². The predicted molar refractivity (Wildman–Crippen MR) is 179 cm³/mol. The highest BCUT2D eigenvalue weighted by Crippen LogP contribution is 2.50. The number of nitrogens with one attached hydrogen (secondary N) is 3. The monoisotopic (exact) mass is 649 g/mol. The minimum Gasteiger partial charge on any atom is -0.493 e. The van der Waals surface area contributed by atoms with Crippen LogP contribution in [0.3, 0.4) is 0 Å². The summed E-state index contributed by atoms with van der Waals surface area (Å²) in [4.78, 5) is 39.7. The molecule has 3 aromatic carbocycles. The van der Waals surface area contributed by atoms with E-state index in [0.717, 1.165) is 11.1 Å². The molecule has 0 aromatic heterocycles. The summed E-state index contributed by atoms with van der Waals surface area (Å²) in [5.41, 5.74) is 3.51. The van der Waals surface area contributed by atoms with Gasteiger partial charge in [0.2, 0.25) is 23.0 Å². The Kier molecular flexibility index (Phi) is 10.5. The van der Waals surface area contributed by atoms with Gasteiger partial charge in [-0.25, -0.2) is 0 Å². The normalized spacial score (nSPS) is 15.3. The third-order valence-electron chi connectivity index (χ3n) is 7.98. The Hall–Kier alpha value is -4.58. The van der Waals surface area contributed by atoms with Gasteiger partial charge in [0.05, 0.1) is 33.1 Å². The van der Waals surface area contributed by atoms with E-state index in [0.29, 0.717) is 83.8 Å². The fraction of sp³-hybridized carbons (Fsp3) is 0.382. The predicted octanol–water partition coefficient (Wildman–Crippen LogP) is 4.81. The molecule has 3 aromatic rings. The number of methoxy groups -OCH3 is 3. The molecule has 2 amide bonds. The highest BCUT2D eigenvalue weighted by molar-refractivity contribution is 7.98. The van der Waals surface area contributed by atoms with Crippen molar-refractivity contribution in [3.8, 4) is 39.9 Å². The molecule has 12 heteroatoms. The first-order valence-electron chi connectivity index (χ1n) is 15.0. The molecule has 1 heterocycles. The van der Waals surface area contributed by atoms with Crippen molar-refractivity contribution in [2.45, 2.75) is 38.3 Å². The zero-order chi connectivity index (χ0) is 32.8.